The molecule has 0 unspecified atom stereocenters. The van der Waals surface area contributed by atoms with Crippen molar-refractivity contribution in [3.8, 4) is 0 Å². The van der Waals surface area contributed by atoms with Gasteiger partial charge in [0.2, 0.25) is 0 Å². The highest BCUT2D eigenvalue weighted by atomic mass is 32.2. The van der Waals surface area contributed by atoms with Crippen LogP contribution in [-0.4, -0.2) is 18.5 Å². The predicted molar refractivity (Wildman–Crippen MR) is 131 cm³/mol. The minimum absolute atomic E-state index is 0.498. The number of hydrogen-bond donors (Lipinski definition) is 1. The molecule has 0 fully saturated rings. The average molecular weight is 497 g/mol. The van der Waals surface area contributed by atoms with Crippen molar-refractivity contribution >= 4 is 34.0 Å². The van der Waals surface area contributed by atoms with E-state index in [2.05, 4.69) is 93.6 Å². The van der Waals surface area contributed by atoms with Crippen molar-refractivity contribution in [1.82, 2.24) is 0 Å². The monoisotopic (exact) mass is 496 g/mol. The molecule has 0 aliphatic rings. The Hall–Kier alpha value is -2.21. The van der Waals surface area contributed by atoms with E-state index in [1.807, 2.05) is 0 Å². The lowest BCUT2D eigenvalue weighted by Crippen LogP contribution is -2.21. The number of halogens is 3. The highest BCUT2D eigenvalue weighted by Crippen LogP contribution is 2.33. The van der Waals surface area contributed by atoms with Crippen LogP contribution in [0.2, 0.25) is 0 Å². The van der Waals surface area contributed by atoms with E-state index in [4.69, 9.17) is 13.0 Å². The zero-order valence-corrected chi connectivity index (χ0v) is 20.5. The van der Waals surface area contributed by atoms with Gasteiger partial charge in [0, 0.05) is 0 Å². The number of aryl methyl sites for hydroxylation is 3. The standard InChI is InChI=1S/C24H27P.CHF3O3S/c1-4-19-7-13-22(14-8-19)25(23-15-9-20(5-2)10-16-23)24-17-11-21(6-3)12-18-24;2-1(3,4)8(5,6)7/h7-18H,4-6H2,1-3H3;(H,5,6,7). The first-order valence-corrected chi connectivity index (χ1v) is 13.4. The molecule has 8 heteroatoms. The van der Waals surface area contributed by atoms with Crippen molar-refractivity contribution in [2.75, 3.05) is 0 Å². The second-order valence-corrected chi connectivity index (χ2v) is 10.9. The molecule has 0 aliphatic heterocycles. The highest BCUT2D eigenvalue weighted by Gasteiger charge is 2.44. The molecule has 0 bridgehead atoms. The third-order valence-corrected chi connectivity index (χ3v) is 8.13. The largest absolute Gasteiger partial charge is 0.522 e. The minimum atomic E-state index is -5.84. The first-order chi connectivity index (χ1) is 15.5. The van der Waals surface area contributed by atoms with Crippen molar-refractivity contribution in [2.45, 2.75) is 45.5 Å². The molecule has 0 heterocycles. The lowest BCUT2D eigenvalue weighted by Gasteiger charge is -2.20. The quantitative estimate of drug-likeness (QED) is 0.278. The van der Waals surface area contributed by atoms with Crippen LogP contribution >= 0.6 is 7.92 Å². The Labute approximate surface area is 195 Å². The maximum absolute atomic E-state index is 10.7. The van der Waals surface area contributed by atoms with Crippen molar-refractivity contribution in [1.29, 1.82) is 0 Å². The topological polar surface area (TPSA) is 54.4 Å². The van der Waals surface area contributed by atoms with Crippen molar-refractivity contribution in [2.24, 2.45) is 0 Å². The molecule has 1 N–H and O–H groups in total. The van der Waals surface area contributed by atoms with Crippen LogP contribution in [0, 0.1) is 0 Å². The second kappa shape index (κ2) is 11.8. The van der Waals surface area contributed by atoms with E-state index in [0.29, 0.717) is 0 Å². The zero-order valence-electron chi connectivity index (χ0n) is 18.8. The molecule has 0 saturated carbocycles. The fourth-order valence-corrected chi connectivity index (χ4v) is 5.33. The van der Waals surface area contributed by atoms with E-state index in [9.17, 15) is 13.2 Å². The number of alkyl halides is 3. The molecule has 3 rings (SSSR count). The highest BCUT2D eigenvalue weighted by molar-refractivity contribution is 7.86. The van der Waals surface area contributed by atoms with Crippen molar-refractivity contribution in [3.63, 3.8) is 0 Å². The molecule has 33 heavy (non-hydrogen) atoms. The van der Waals surface area contributed by atoms with E-state index >= 15 is 0 Å². The van der Waals surface area contributed by atoms with Crippen LogP contribution in [0.5, 0.6) is 0 Å². The molecule has 3 aromatic carbocycles. The molecule has 178 valence electrons. The summed E-state index contributed by atoms with van der Waals surface area (Å²) in [6, 6.07) is 27.7. The van der Waals surface area contributed by atoms with Gasteiger partial charge >= 0.3 is 15.6 Å². The normalized spacial score (nSPS) is 11.8. The molecule has 0 aromatic heterocycles. The van der Waals surface area contributed by atoms with Gasteiger partial charge < -0.3 is 0 Å². The summed E-state index contributed by atoms with van der Waals surface area (Å²) in [5, 5.41) is 4.29. The maximum atomic E-state index is 10.7. The van der Waals surface area contributed by atoms with Gasteiger partial charge in [-0.3, -0.25) is 4.55 Å². The molecule has 0 aliphatic carbocycles. The third kappa shape index (κ3) is 7.66. The number of rotatable bonds is 6. The van der Waals surface area contributed by atoms with Gasteiger partial charge in [-0.15, -0.1) is 0 Å². The lowest BCUT2D eigenvalue weighted by atomic mass is 10.2. The summed E-state index contributed by atoms with van der Waals surface area (Å²) >= 11 is 0. The molecule has 0 spiro atoms. The van der Waals surface area contributed by atoms with E-state index < -0.39 is 23.5 Å². The summed E-state index contributed by atoms with van der Waals surface area (Å²) in [4.78, 5) is 0. The van der Waals surface area contributed by atoms with Gasteiger partial charge in [-0.1, -0.05) is 93.6 Å². The lowest BCUT2D eigenvalue weighted by molar-refractivity contribution is -0.0510. The van der Waals surface area contributed by atoms with Gasteiger partial charge in [0.15, 0.2) is 0 Å². The fourth-order valence-electron chi connectivity index (χ4n) is 3.09. The van der Waals surface area contributed by atoms with Crippen molar-refractivity contribution < 1.29 is 26.1 Å². The minimum Gasteiger partial charge on any atom is -0.279 e. The van der Waals surface area contributed by atoms with Crippen molar-refractivity contribution in [3.05, 3.63) is 89.5 Å². The average Bonchev–Trinajstić information content (AvgIpc) is 2.80. The van der Waals surface area contributed by atoms with Gasteiger partial charge in [0.05, 0.1) is 0 Å². The SMILES string of the molecule is CCc1ccc(P(c2ccc(CC)cc2)c2ccc(CC)cc2)cc1.O=S(=O)(O)C(F)(F)F. The maximum Gasteiger partial charge on any atom is 0.522 e. The Balaban J connectivity index is 0.000000414. The Bertz CT molecular complexity index is 997. The van der Waals surface area contributed by atoms with Crippen LogP contribution in [0.25, 0.3) is 0 Å². The van der Waals surface area contributed by atoms with Crippen LogP contribution in [0.4, 0.5) is 13.2 Å². The summed E-state index contributed by atoms with van der Waals surface area (Å²) in [7, 11) is -6.34. The summed E-state index contributed by atoms with van der Waals surface area (Å²) in [6.07, 6.45) is 3.28. The van der Waals surface area contributed by atoms with Gasteiger partial charge in [-0.05, 0) is 59.8 Å². The Morgan fingerprint density at radius 1 is 0.636 bits per heavy atom. The predicted octanol–water partition coefficient (Wildman–Crippen LogP) is 5.53. The first kappa shape index (κ1) is 27.0. The summed E-state index contributed by atoms with van der Waals surface area (Å²) in [6.45, 7) is 6.64. The number of hydrogen-bond acceptors (Lipinski definition) is 2. The van der Waals surface area contributed by atoms with Crippen LogP contribution in [-0.2, 0) is 29.4 Å². The summed E-state index contributed by atoms with van der Waals surface area (Å²) < 4.78 is 57.5. The van der Waals surface area contributed by atoms with Crippen LogP contribution in [0.1, 0.15) is 37.5 Å². The molecule has 3 aromatic rings. The fraction of sp³-hybridized carbons (Fsp3) is 0.280. The van der Waals surface area contributed by atoms with Crippen LogP contribution in [0.3, 0.4) is 0 Å². The van der Waals surface area contributed by atoms with E-state index in [-0.39, 0.29) is 0 Å². The Morgan fingerprint density at radius 2 is 0.848 bits per heavy atom. The third-order valence-electron chi connectivity index (χ3n) is 5.10. The zero-order chi connectivity index (χ0) is 24.6. The first-order valence-electron chi connectivity index (χ1n) is 10.6. The molecular weight excluding hydrogens is 468 g/mol. The number of benzene rings is 3. The molecule has 0 atom stereocenters. The molecule has 3 nitrogen and oxygen atoms in total. The molecule has 0 radical (unpaired) electrons. The van der Waals surface area contributed by atoms with Crippen LogP contribution < -0.4 is 15.9 Å². The summed E-state index contributed by atoms with van der Waals surface area (Å²) in [5.74, 6) is 0. The van der Waals surface area contributed by atoms with Gasteiger partial charge in [0.25, 0.3) is 0 Å². The second-order valence-electron chi connectivity index (χ2n) is 7.32. The van der Waals surface area contributed by atoms with E-state index in [0.717, 1.165) is 19.3 Å². The van der Waals surface area contributed by atoms with E-state index in [1.165, 1.54) is 32.6 Å². The Morgan fingerprint density at radius 3 is 1.00 bits per heavy atom. The van der Waals surface area contributed by atoms with Crippen LogP contribution in [0.15, 0.2) is 72.8 Å². The molecular formula is C25H28F3O3PS. The smallest absolute Gasteiger partial charge is 0.279 e. The van der Waals surface area contributed by atoms with Gasteiger partial charge in [-0.2, -0.15) is 21.6 Å². The molecule has 0 saturated heterocycles. The van der Waals surface area contributed by atoms with Gasteiger partial charge in [0.1, 0.15) is 0 Å². The van der Waals surface area contributed by atoms with E-state index in [1.54, 1.807) is 0 Å². The Kier molecular flexibility index (Phi) is 9.65. The summed E-state index contributed by atoms with van der Waals surface area (Å²) in [5.41, 5.74) is -1.32. The van der Waals surface area contributed by atoms with Gasteiger partial charge in [-0.25, -0.2) is 0 Å². The molecule has 0 amide bonds.